The molecule has 0 saturated heterocycles. The van der Waals surface area contributed by atoms with Crippen molar-refractivity contribution < 1.29 is 24.2 Å². The number of aliphatic imine (C=N–C) groups is 2. The normalized spacial score (nSPS) is 26.9. The number of carboxylic acids is 1. The number of ketones is 1. The van der Waals surface area contributed by atoms with Gasteiger partial charge < -0.3 is 19.6 Å². The Morgan fingerprint density at radius 1 is 1.14 bits per heavy atom. The number of carboxylic acid groups (broad SMARTS) is 1. The zero-order valence-corrected chi connectivity index (χ0v) is 24.3. The summed E-state index contributed by atoms with van der Waals surface area (Å²) in [5.74, 6) is -1.80. The number of carbonyl (C=O) groups excluding carboxylic acids is 1. The smallest absolute Gasteiger partial charge is 0.348 e. The Bertz CT molecular complexity index is 1850. The molecule has 10 nitrogen and oxygen atoms in total. The van der Waals surface area contributed by atoms with Crippen LogP contribution in [0.15, 0.2) is 41.7 Å². The molecule has 0 amide bonds. The summed E-state index contributed by atoms with van der Waals surface area (Å²) < 4.78 is 5.27. The van der Waals surface area contributed by atoms with E-state index in [4.69, 9.17) is 19.4 Å². The Hall–Kier alpha value is -4.34. The van der Waals surface area contributed by atoms with Gasteiger partial charge in [0.05, 0.1) is 28.0 Å². The molecule has 0 aromatic carbocycles. The number of Topliss-reactive ketones (excluding diaryl/α,β-unsaturated/α-hetero) is 1. The molecule has 0 radical (unpaired) electrons. The third-order valence-corrected chi connectivity index (χ3v) is 9.34. The minimum atomic E-state index is -0.943. The number of H-pyrrole nitrogens is 1. The molecule has 0 saturated carbocycles. The monoisotopic (exact) mass is 570 g/mol. The van der Waals surface area contributed by atoms with E-state index in [2.05, 4.69) is 18.8 Å². The first kappa shape index (κ1) is 27.8. The predicted octanol–water partition coefficient (Wildman–Crippen LogP) is 3.48. The van der Waals surface area contributed by atoms with Crippen LogP contribution in [-0.2, 0) is 11.2 Å². The summed E-state index contributed by atoms with van der Waals surface area (Å²) in [5, 5.41) is 20.9. The minimum Gasteiger partial charge on any atom is -0.481 e. The number of hydrogen-bond donors (Lipinski definition) is 3. The van der Waals surface area contributed by atoms with Crippen LogP contribution < -0.4 is 16.2 Å². The lowest BCUT2D eigenvalue weighted by Crippen LogP contribution is -2.41. The molecule has 3 N–H and O–H groups in total. The molecule has 218 valence electrons. The Labute approximate surface area is 242 Å². The summed E-state index contributed by atoms with van der Waals surface area (Å²) in [5.41, 5.74) is 5.03. The van der Waals surface area contributed by atoms with Crippen molar-refractivity contribution >= 4 is 35.3 Å². The van der Waals surface area contributed by atoms with E-state index in [1.807, 2.05) is 26.0 Å². The van der Waals surface area contributed by atoms with Crippen LogP contribution in [0.4, 0.5) is 0 Å². The maximum Gasteiger partial charge on any atom is 0.348 e. The second kappa shape index (κ2) is 10.2. The number of nitrogens with zero attached hydrogens (tertiary/aromatic N) is 3. The van der Waals surface area contributed by atoms with Gasteiger partial charge in [-0.25, -0.2) is 9.79 Å². The number of fused-ring (bicyclic) bond motifs is 6. The maximum atomic E-state index is 12.9. The zero-order valence-electron chi connectivity index (χ0n) is 24.3. The highest BCUT2D eigenvalue weighted by Gasteiger charge is 2.38. The molecule has 4 aliphatic rings. The summed E-state index contributed by atoms with van der Waals surface area (Å²) >= 11 is 0. The van der Waals surface area contributed by atoms with Crippen LogP contribution in [0.3, 0.4) is 0 Å². The SMILES string of the molecule is CC[C@H]1C2=NC(Cc3[nH]c(c(C)c3C(C)=O)/C=C3\N=C(c4c(O)oc(=O)c5c4=NC(=C2)C=5)[C@@H](CCC(=O)O)C3C)C1C. The molecule has 10 heteroatoms. The lowest BCUT2D eigenvalue weighted by molar-refractivity contribution is -0.137. The Morgan fingerprint density at radius 3 is 2.60 bits per heavy atom. The third-order valence-electron chi connectivity index (χ3n) is 9.34. The van der Waals surface area contributed by atoms with Crippen molar-refractivity contribution in [2.24, 2.45) is 38.6 Å². The average molecular weight is 571 g/mol. The second-order valence-electron chi connectivity index (χ2n) is 11.8. The number of aromatic nitrogens is 1. The van der Waals surface area contributed by atoms with Gasteiger partial charge in [-0.2, -0.15) is 0 Å². The van der Waals surface area contributed by atoms with Crippen LogP contribution in [0.5, 0.6) is 5.95 Å². The number of rotatable bonds is 5. The Balaban J connectivity index is 1.65. The fraction of sp³-hybridized carbons (Fsp3) is 0.438. The first-order chi connectivity index (χ1) is 20.0. The fourth-order valence-electron chi connectivity index (χ4n) is 7.08. The van der Waals surface area contributed by atoms with Crippen LogP contribution >= 0.6 is 0 Å². The van der Waals surface area contributed by atoms with Crippen LogP contribution in [0.1, 0.15) is 79.8 Å². The van der Waals surface area contributed by atoms with Gasteiger partial charge in [-0.15, -0.1) is 0 Å². The topological polar surface area (TPSA) is 158 Å². The molecule has 8 bridgehead atoms. The summed E-state index contributed by atoms with van der Waals surface area (Å²) in [4.78, 5) is 55.6. The van der Waals surface area contributed by atoms with E-state index >= 15 is 0 Å². The number of allylic oxidation sites excluding steroid dienone is 3. The number of hydrogen-bond acceptors (Lipinski definition) is 8. The number of aliphatic carboxylic acids is 1. The number of carbonyl (C=O) groups is 2. The van der Waals surface area contributed by atoms with Crippen molar-refractivity contribution in [3.63, 3.8) is 0 Å². The molecule has 0 aliphatic carbocycles. The first-order valence-electron chi connectivity index (χ1n) is 14.5. The van der Waals surface area contributed by atoms with Crippen molar-refractivity contribution in [2.45, 2.75) is 66.3 Å². The van der Waals surface area contributed by atoms with Gasteiger partial charge >= 0.3 is 11.6 Å². The highest BCUT2D eigenvalue weighted by Crippen LogP contribution is 2.39. The zero-order chi connectivity index (χ0) is 30.0. The molecule has 4 aliphatic heterocycles. The van der Waals surface area contributed by atoms with Crippen LogP contribution in [0.2, 0.25) is 0 Å². The van der Waals surface area contributed by atoms with E-state index in [0.717, 1.165) is 29.1 Å². The Morgan fingerprint density at radius 2 is 1.90 bits per heavy atom. The van der Waals surface area contributed by atoms with E-state index in [1.54, 1.807) is 13.0 Å². The van der Waals surface area contributed by atoms with Gasteiger partial charge in [-0.05, 0) is 56.4 Å². The van der Waals surface area contributed by atoms with Crippen molar-refractivity contribution in [1.82, 2.24) is 4.98 Å². The summed E-state index contributed by atoms with van der Waals surface area (Å²) in [6.07, 6.45) is 7.02. The molecule has 5 atom stereocenters. The van der Waals surface area contributed by atoms with Gasteiger partial charge in [-0.3, -0.25) is 19.6 Å². The van der Waals surface area contributed by atoms with Crippen LogP contribution in [-0.4, -0.2) is 44.4 Å². The minimum absolute atomic E-state index is 0.0300. The lowest BCUT2D eigenvalue weighted by Gasteiger charge is -2.19. The fourth-order valence-corrected chi connectivity index (χ4v) is 7.08. The molecule has 0 spiro atoms. The van der Waals surface area contributed by atoms with Gasteiger partial charge in [0, 0.05) is 59.0 Å². The van der Waals surface area contributed by atoms with E-state index in [0.29, 0.717) is 29.1 Å². The summed E-state index contributed by atoms with van der Waals surface area (Å²) in [6, 6.07) is -0.0600. The predicted molar refractivity (Wildman–Crippen MR) is 157 cm³/mol. The number of aromatic amines is 1. The maximum absolute atomic E-state index is 12.9. The average Bonchev–Trinajstić information content (AvgIpc) is 3.63. The lowest BCUT2D eigenvalue weighted by atomic mass is 9.84. The van der Waals surface area contributed by atoms with Gasteiger partial charge in [0.25, 0.3) is 5.95 Å². The molecular weight excluding hydrogens is 536 g/mol. The van der Waals surface area contributed by atoms with Gasteiger partial charge in [0.1, 0.15) is 5.56 Å². The molecule has 2 aromatic heterocycles. The molecular formula is C32H34N4O6. The van der Waals surface area contributed by atoms with Gasteiger partial charge in [0.2, 0.25) is 0 Å². The summed E-state index contributed by atoms with van der Waals surface area (Å²) in [7, 11) is 0. The molecule has 0 fully saturated rings. The highest BCUT2D eigenvalue weighted by atomic mass is 16.5. The number of aromatic hydroxyl groups is 1. The number of nitrogens with one attached hydrogen (secondary N) is 1. The Kier molecular flexibility index (Phi) is 6.74. The van der Waals surface area contributed by atoms with Crippen molar-refractivity contribution in [2.75, 3.05) is 0 Å². The largest absolute Gasteiger partial charge is 0.481 e. The van der Waals surface area contributed by atoms with E-state index in [1.165, 1.54) is 0 Å². The summed E-state index contributed by atoms with van der Waals surface area (Å²) in [6.45, 7) is 9.74. The molecule has 6 rings (SSSR count). The molecule has 6 heterocycles. The van der Waals surface area contributed by atoms with E-state index in [-0.39, 0.29) is 64.5 Å². The van der Waals surface area contributed by atoms with E-state index < -0.39 is 17.5 Å². The molecule has 2 aromatic rings. The first-order valence-corrected chi connectivity index (χ1v) is 14.5. The molecule has 42 heavy (non-hydrogen) atoms. The van der Waals surface area contributed by atoms with Crippen LogP contribution in [0.25, 0.3) is 12.2 Å². The van der Waals surface area contributed by atoms with Crippen molar-refractivity contribution in [3.05, 3.63) is 66.5 Å². The second-order valence-corrected chi connectivity index (χ2v) is 11.8. The van der Waals surface area contributed by atoms with E-state index in [9.17, 15) is 24.6 Å². The quantitative estimate of drug-likeness (QED) is 0.467. The van der Waals surface area contributed by atoms with Gasteiger partial charge in [0.15, 0.2) is 5.78 Å². The van der Waals surface area contributed by atoms with Crippen LogP contribution in [0, 0.1) is 30.6 Å². The van der Waals surface area contributed by atoms with Gasteiger partial charge in [-0.1, -0.05) is 20.8 Å². The van der Waals surface area contributed by atoms with Crippen molar-refractivity contribution in [1.29, 1.82) is 0 Å². The standard InChI is InChI=1S/C32H34N4O6/c1-6-18-13(2)21-12-25-27(16(5)37)15(4)23(35-25)11-22-14(3)19(7-8-26(38)39)29(36-22)28-30-20(31(40)42-32(28)41)9-17(33-30)10-24(18)34-21/h9-11,13-14,18-19,21,35,41H,6-8,12H2,1-5H3,(H,38,39)/b17-10?,22-11-/t13?,14?,18-,19+,21?/m1/s1. The molecule has 3 unspecified atom stereocenters. The van der Waals surface area contributed by atoms with Crippen molar-refractivity contribution in [3.8, 4) is 5.95 Å². The third kappa shape index (κ3) is 4.40. The highest BCUT2D eigenvalue weighted by molar-refractivity contribution is 6.07.